The molecule has 0 amide bonds. The van der Waals surface area contributed by atoms with E-state index in [1.54, 1.807) is 24.3 Å². The Morgan fingerprint density at radius 2 is 1.47 bits per heavy atom. The Morgan fingerprint density at radius 3 is 1.97 bits per heavy atom. The molecule has 0 saturated carbocycles. The van der Waals surface area contributed by atoms with E-state index in [-0.39, 0.29) is 25.0 Å². The van der Waals surface area contributed by atoms with Crippen molar-refractivity contribution in [1.82, 2.24) is 4.90 Å². The molecule has 0 aliphatic heterocycles. The molecule has 0 radical (unpaired) electrons. The van der Waals surface area contributed by atoms with E-state index >= 15 is 0 Å². The summed E-state index contributed by atoms with van der Waals surface area (Å²) in [6.45, 7) is 2.76. The van der Waals surface area contributed by atoms with Gasteiger partial charge in [0.25, 0.3) is 0 Å². The predicted octanol–water partition coefficient (Wildman–Crippen LogP) is 4.10. The van der Waals surface area contributed by atoms with Crippen LogP contribution in [0.2, 0.25) is 0 Å². The quantitative estimate of drug-likeness (QED) is 0.421. The third-order valence-corrected chi connectivity index (χ3v) is 5.35. The highest BCUT2D eigenvalue weighted by Crippen LogP contribution is 2.29. The van der Waals surface area contributed by atoms with Gasteiger partial charge in [-0.15, -0.1) is 0 Å². The lowest BCUT2D eigenvalue weighted by Gasteiger charge is -2.34. The van der Waals surface area contributed by atoms with E-state index in [4.69, 9.17) is 4.74 Å². The van der Waals surface area contributed by atoms with E-state index in [0.717, 1.165) is 11.1 Å². The lowest BCUT2D eigenvalue weighted by molar-refractivity contribution is 0.0552. The highest BCUT2D eigenvalue weighted by Gasteiger charge is 2.24. The Kier molecular flexibility index (Phi) is 8.99. The predicted molar refractivity (Wildman–Crippen MR) is 126 cm³/mol. The zero-order valence-corrected chi connectivity index (χ0v) is 18.4. The van der Waals surface area contributed by atoms with Crippen LogP contribution in [0.5, 0.6) is 5.75 Å². The van der Waals surface area contributed by atoms with E-state index in [1.807, 2.05) is 36.4 Å². The molecule has 168 valence electrons. The van der Waals surface area contributed by atoms with Crippen LogP contribution in [0.25, 0.3) is 0 Å². The molecule has 0 aliphatic carbocycles. The molecule has 3 aromatic carbocycles. The Morgan fingerprint density at radius 1 is 0.906 bits per heavy atom. The van der Waals surface area contributed by atoms with Gasteiger partial charge < -0.3 is 14.9 Å². The second kappa shape index (κ2) is 12.2. The number of carbonyl (C=O) groups excluding carboxylic acids is 1. The molecule has 1 atom stereocenters. The van der Waals surface area contributed by atoms with Gasteiger partial charge >= 0.3 is 0 Å². The first-order valence-electron chi connectivity index (χ1n) is 10.9. The van der Waals surface area contributed by atoms with Crippen LogP contribution in [0.3, 0.4) is 0 Å². The minimum absolute atomic E-state index is 0.00368. The number of Topliss-reactive ketones (excluding diaryl/α,β-unsaturated/α-hetero) is 1. The van der Waals surface area contributed by atoms with Crippen molar-refractivity contribution in [3.63, 3.8) is 0 Å². The van der Waals surface area contributed by atoms with E-state index in [9.17, 15) is 15.0 Å². The maximum Gasteiger partial charge on any atom is 0.159 e. The minimum Gasteiger partial charge on any atom is -0.491 e. The molecule has 0 spiro atoms. The molecule has 5 heteroatoms. The minimum atomic E-state index is -0.726. The summed E-state index contributed by atoms with van der Waals surface area (Å²) in [7, 11) is 0. The number of benzene rings is 3. The lowest BCUT2D eigenvalue weighted by Crippen LogP contribution is -2.39. The molecular weight excluding hydrogens is 402 g/mol. The highest BCUT2D eigenvalue weighted by molar-refractivity contribution is 5.94. The molecule has 32 heavy (non-hydrogen) atoms. The molecule has 0 aromatic heterocycles. The van der Waals surface area contributed by atoms with Gasteiger partial charge in [-0.3, -0.25) is 9.69 Å². The lowest BCUT2D eigenvalue weighted by atomic mass is 9.96. The Balaban J connectivity index is 1.74. The van der Waals surface area contributed by atoms with Crippen LogP contribution in [0.1, 0.15) is 40.9 Å². The van der Waals surface area contributed by atoms with Gasteiger partial charge in [0.05, 0.1) is 6.04 Å². The van der Waals surface area contributed by atoms with Crippen LogP contribution in [0.15, 0.2) is 84.9 Å². The average molecular weight is 434 g/mol. The summed E-state index contributed by atoms with van der Waals surface area (Å²) in [5.41, 5.74) is 2.89. The maximum absolute atomic E-state index is 11.4. The summed E-state index contributed by atoms with van der Waals surface area (Å²) in [5, 5.41) is 20.2. The van der Waals surface area contributed by atoms with Gasteiger partial charge in [0, 0.05) is 25.3 Å². The van der Waals surface area contributed by atoms with Crippen molar-refractivity contribution < 1.29 is 19.7 Å². The summed E-state index contributed by atoms with van der Waals surface area (Å²) in [5.74, 6) is 0.614. The third kappa shape index (κ3) is 6.76. The summed E-state index contributed by atoms with van der Waals surface area (Å²) in [6.07, 6.45) is -0.118. The maximum atomic E-state index is 11.4. The topological polar surface area (TPSA) is 70.0 Å². The van der Waals surface area contributed by atoms with Crippen LogP contribution in [0.4, 0.5) is 0 Å². The molecule has 0 saturated heterocycles. The number of aliphatic hydroxyl groups is 2. The van der Waals surface area contributed by atoms with Crippen LogP contribution in [-0.2, 0) is 0 Å². The zero-order valence-electron chi connectivity index (χ0n) is 18.4. The number of carbonyl (C=O) groups is 1. The number of hydrogen-bond donors (Lipinski definition) is 2. The molecule has 2 N–H and O–H groups in total. The van der Waals surface area contributed by atoms with Crippen LogP contribution < -0.4 is 4.74 Å². The van der Waals surface area contributed by atoms with Crippen LogP contribution in [0, 0.1) is 0 Å². The average Bonchev–Trinajstić information content (AvgIpc) is 2.83. The first kappa shape index (κ1) is 23.7. The van der Waals surface area contributed by atoms with Crippen LogP contribution >= 0.6 is 0 Å². The van der Waals surface area contributed by atoms with Gasteiger partial charge in [0.2, 0.25) is 0 Å². The molecule has 0 heterocycles. The van der Waals surface area contributed by atoms with Gasteiger partial charge in [-0.05, 0) is 48.7 Å². The number of aliphatic hydroxyl groups excluding tert-OH is 2. The first-order valence-corrected chi connectivity index (χ1v) is 10.9. The normalized spacial score (nSPS) is 12.2. The number of ether oxygens (including phenoxy) is 1. The number of hydrogen-bond acceptors (Lipinski definition) is 5. The van der Waals surface area contributed by atoms with Crippen LogP contribution in [-0.4, -0.2) is 53.3 Å². The third-order valence-electron chi connectivity index (χ3n) is 5.35. The van der Waals surface area contributed by atoms with Crippen molar-refractivity contribution in [2.45, 2.75) is 25.5 Å². The number of ketones is 1. The van der Waals surface area contributed by atoms with Crippen molar-refractivity contribution in [2.24, 2.45) is 0 Å². The summed E-state index contributed by atoms with van der Waals surface area (Å²) >= 11 is 0. The zero-order chi connectivity index (χ0) is 22.8. The number of rotatable bonds is 12. The highest BCUT2D eigenvalue weighted by atomic mass is 16.5. The fraction of sp³-hybridized carbons (Fsp3) is 0.296. The fourth-order valence-electron chi connectivity index (χ4n) is 3.79. The van der Waals surface area contributed by atoms with Crippen molar-refractivity contribution in [3.8, 4) is 5.75 Å². The second-order valence-corrected chi connectivity index (χ2v) is 7.84. The monoisotopic (exact) mass is 433 g/mol. The van der Waals surface area contributed by atoms with Crippen molar-refractivity contribution >= 4 is 5.78 Å². The SMILES string of the molecule is CC(=O)c1ccc(OCC(O)CN(CCCO)C(c2ccccc2)c2ccccc2)cc1. The van der Waals surface area contributed by atoms with Crippen molar-refractivity contribution in [1.29, 1.82) is 0 Å². The van der Waals surface area contributed by atoms with E-state index in [1.165, 1.54) is 6.92 Å². The molecule has 1 unspecified atom stereocenters. The van der Waals surface area contributed by atoms with Gasteiger partial charge in [-0.1, -0.05) is 60.7 Å². The Hall–Kier alpha value is -2.99. The standard InChI is InChI=1S/C27H31NO4/c1-21(30)22-13-15-26(16-14-22)32-20-25(31)19-28(17-8-18-29)27(23-9-4-2-5-10-23)24-11-6-3-7-12-24/h2-7,9-16,25,27,29,31H,8,17-20H2,1H3. The second-order valence-electron chi connectivity index (χ2n) is 7.84. The fourth-order valence-corrected chi connectivity index (χ4v) is 3.79. The first-order chi connectivity index (χ1) is 15.6. The molecule has 3 rings (SSSR count). The summed E-state index contributed by atoms with van der Waals surface area (Å²) in [4.78, 5) is 13.6. The smallest absolute Gasteiger partial charge is 0.159 e. The summed E-state index contributed by atoms with van der Waals surface area (Å²) < 4.78 is 5.76. The molecular formula is C27H31NO4. The van der Waals surface area contributed by atoms with Gasteiger partial charge in [-0.25, -0.2) is 0 Å². The van der Waals surface area contributed by atoms with Gasteiger partial charge in [0.1, 0.15) is 18.5 Å². The van der Waals surface area contributed by atoms with Crippen molar-refractivity contribution in [3.05, 3.63) is 102 Å². The van der Waals surface area contributed by atoms with E-state index in [0.29, 0.717) is 30.8 Å². The molecule has 0 fully saturated rings. The van der Waals surface area contributed by atoms with Gasteiger partial charge in [-0.2, -0.15) is 0 Å². The molecule has 5 nitrogen and oxygen atoms in total. The molecule has 0 aliphatic rings. The largest absolute Gasteiger partial charge is 0.491 e. The van der Waals surface area contributed by atoms with E-state index in [2.05, 4.69) is 29.2 Å². The van der Waals surface area contributed by atoms with E-state index < -0.39 is 6.10 Å². The van der Waals surface area contributed by atoms with Crippen molar-refractivity contribution in [2.75, 3.05) is 26.3 Å². The van der Waals surface area contributed by atoms with Gasteiger partial charge in [0.15, 0.2) is 5.78 Å². The summed E-state index contributed by atoms with van der Waals surface area (Å²) in [6, 6.07) is 27.3. The molecule has 3 aromatic rings. The Bertz CT molecular complexity index is 905. The number of nitrogens with zero attached hydrogens (tertiary/aromatic N) is 1. The molecule has 0 bridgehead atoms. The Labute approximate surface area is 189 Å².